The van der Waals surface area contributed by atoms with Gasteiger partial charge in [-0.25, -0.2) is 12.8 Å². The van der Waals surface area contributed by atoms with Crippen molar-refractivity contribution >= 4 is 21.8 Å². The van der Waals surface area contributed by atoms with Crippen LogP contribution in [0.5, 0.6) is 0 Å². The normalized spacial score (nSPS) is 13.6. The van der Waals surface area contributed by atoms with Crippen molar-refractivity contribution in [1.82, 2.24) is 9.62 Å². The molecule has 0 amide bonds. The van der Waals surface area contributed by atoms with Crippen molar-refractivity contribution in [2.45, 2.75) is 30.8 Å². The van der Waals surface area contributed by atoms with Gasteiger partial charge in [0.2, 0.25) is 10.0 Å². The third-order valence-corrected chi connectivity index (χ3v) is 6.04. The SMILES string of the molecule is CCC(CSC)N(C)S(=O)(=O)c1ccc(CNC)cc1F. The minimum Gasteiger partial charge on any atom is -0.316 e. The zero-order valence-corrected chi connectivity index (χ0v) is 14.5. The van der Waals surface area contributed by atoms with E-state index in [-0.39, 0.29) is 10.9 Å². The lowest BCUT2D eigenvalue weighted by Crippen LogP contribution is -2.38. The van der Waals surface area contributed by atoms with Crippen LogP contribution in [0.1, 0.15) is 18.9 Å². The van der Waals surface area contributed by atoms with E-state index in [2.05, 4.69) is 5.32 Å². The molecule has 0 radical (unpaired) electrons. The Morgan fingerprint density at radius 1 is 1.43 bits per heavy atom. The molecule has 0 aliphatic heterocycles. The average molecular weight is 334 g/mol. The quantitative estimate of drug-likeness (QED) is 0.792. The Kier molecular flexibility index (Phi) is 7.12. The van der Waals surface area contributed by atoms with Crippen molar-refractivity contribution in [2.24, 2.45) is 0 Å². The van der Waals surface area contributed by atoms with Gasteiger partial charge in [0, 0.05) is 25.4 Å². The van der Waals surface area contributed by atoms with Gasteiger partial charge in [-0.05, 0) is 37.4 Å². The maximum atomic E-state index is 14.1. The zero-order valence-electron chi connectivity index (χ0n) is 12.9. The minimum atomic E-state index is -3.81. The van der Waals surface area contributed by atoms with Gasteiger partial charge in [0.1, 0.15) is 10.7 Å². The third-order valence-electron chi connectivity index (χ3n) is 3.38. The van der Waals surface area contributed by atoms with Crippen LogP contribution in [-0.2, 0) is 16.6 Å². The largest absolute Gasteiger partial charge is 0.316 e. The van der Waals surface area contributed by atoms with Crippen LogP contribution < -0.4 is 5.32 Å². The van der Waals surface area contributed by atoms with E-state index in [1.54, 1.807) is 24.9 Å². The summed E-state index contributed by atoms with van der Waals surface area (Å²) >= 11 is 1.58. The van der Waals surface area contributed by atoms with E-state index in [1.165, 1.54) is 23.5 Å². The number of rotatable bonds is 8. The summed E-state index contributed by atoms with van der Waals surface area (Å²) < 4.78 is 40.5. The Hall–Kier alpha value is -0.630. The van der Waals surface area contributed by atoms with Crippen molar-refractivity contribution in [2.75, 3.05) is 26.1 Å². The molecule has 0 saturated heterocycles. The summed E-state index contributed by atoms with van der Waals surface area (Å²) in [5.41, 5.74) is 0.716. The smallest absolute Gasteiger partial charge is 0.246 e. The molecule has 0 bridgehead atoms. The molecule has 0 aromatic heterocycles. The zero-order chi connectivity index (χ0) is 16.0. The number of thioether (sulfide) groups is 1. The van der Waals surface area contributed by atoms with Gasteiger partial charge in [0.15, 0.2) is 0 Å². The van der Waals surface area contributed by atoms with Gasteiger partial charge in [-0.2, -0.15) is 16.1 Å². The van der Waals surface area contributed by atoms with E-state index in [0.717, 1.165) is 0 Å². The van der Waals surface area contributed by atoms with E-state index < -0.39 is 15.8 Å². The number of halogens is 1. The molecule has 1 N–H and O–H groups in total. The number of nitrogens with one attached hydrogen (secondary N) is 1. The third kappa shape index (κ3) is 4.42. The fourth-order valence-corrected chi connectivity index (χ4v) is 4.50. The van der Waals surface area contributed by atoms with Gasteiger partial charge in [0.05, 0.1) is 0 Å². The van der Waals surface area contributed by atoms with Crippen LogP contribution in [0, 0.1) is 5.82 Å². The minimum absolute atomic E-state index is 0.138. The lowest BCUT2D eigenvalue weighted by molar-refractivity contribution is 0.383. The van der Waals surface area contributed by atoms with Gasteiger partial charge in [0.25, 0.3) is 0 Å². The number of benzene rings is 1. The molecular weight excluding hydrogens is 311 g/mol. The number of hydrogen-bond donors (Lipinski definition) is 1. The first-order chi connectivity index (χ1) is 9.88. The molecule has 0 aliphatic rings. The van der Waals surface area contributed by atoms with Gasteiger partial charge in [-0.15, -0.1) is 0 Å². The predicted molar refractivity (Wildman–Crippen MR) is 86.6 cm³/mol. The van der Waals surface area contributed by atoms with Crippen molar-refractivity contribution in [3.05, 3.63) is 29.6 Å². The monoisotopic (exact) mass is 334 g/mol. The highest BCUT2D eigenvalue weighted by Crippen LogP contribution is 2.23. The lowest BCUT2D eigenvalue weighted by Gasteiger charge is -2.26. The van der Waals surface area contributed by atoms with Crippen molar-refractivity contribution in [1.29, 1.82) is 0 Å². The van der Waals surface area contributed by atoms with Crippen LogP contribution in [-0.4, -0.2) is 44.9 Å². The molecule has 7 heteroatoms. The molecule has 1 rings (SSSR count). The molecule has 1 aromatic carbocycles. The second-order valence-electron chi connectivity index (χ2n) is 4.83. The first-order valence-electron chi connectivity index (χ1n) is 6.78. The van der Waals surface area contributed by atoms with Gasteiger partial charge >= 0.3 is 0 Å². The Morgan fingerprint density at radius 2 is 2.10 bits per heavy atom. The van der Waals surface area contributed by atoms with Crippen LogP contribution in [0.4, 0.5) is 4.39 Å². The molecule has 0 spiro atoms. The number of nitrogens with zero attached hydrogens (tertiary/aromatic N) is 1. The molecule has 0 fully saturated rings. The van der Waals surface area contributed by atoms with Gasteiger partial charge in [-0.1, -0.05) is 13.0 Å². The summed E-state index contributed by atoms with van der Waals surface area (Å²) in [6, 6.07) is 4.11. The predicted octanol–water partition coefficient (Wildman–Crippen LogP) is 2.31. The molecule has 1 aromatic rings. The van der Waals surface area contributed by atoms with E-state index in [1.807, 2.05) is 13.2 Å². The summed E-state index contributed by atoms with van der Waals surface area (Å²) in [7, 11) is -0.541. The molecule has 0 heterocycles. The molecule has 120 valence electrons. The lowest BCUT2D eigenvalue weighted by atomic mass is 10.2. The second-order valence-corrected chi connectivity index (χ2v) is 7.71. The maximum absolute atomic E-state index is 14.1. The van der Waals surface area contributed by atoms with Crippen LogP contribution in [0.15, 0.2) is 23.1 Å². The molecule has 1 atom stereocenters. The molecule has 21 heavy (non-hydrogen) atoms. The van der Waals surface area contributed by atoms with Gasteiger partial charge in [-0.3, -0.25) is 0 Å². The maximum Gasteiger partial charge on any atom is 0.246 e. The van der Waals surface area contributed by atoms with Crippen LogP contribution in [0.25, 0.3) is 0 Å². The Morgan fingerprint density at radius 3 is 2.57 bits per heavy atom. The highest BCUT2D eigenvalue weighted by molar-refractivity contribution is 7.98. The van der Waals surface area contributed by atoms with E-state index in [0.29, 0.717) is 24.3 Å². The van der Waals surface area contributed by atoms with Crippen LogP contribution in [0.2, 0.25) is 0 Å². The Labute approximate surface area is 131 Å². The fraction of sp³-hybridized carbons (Fsp3) is 0.571. The molecule has 4 nitrogen and oxygen atoms in total. The molecular formula is C14H23FN2O2S2. The van der Waals surface area contributed by atoms with Crippen molar-refractivity contribution < 1.29 is 12.8 Å². The standard InChI is InChI=1S/C14H23FN2O2S2/c1-5-12(10-20-4)17(3)21(18,19)14-7-6-11(9-16-2)8-13(14)15/h6-8,12,16H,5,9-10H2,1-4H3. The second kappa shape index (κ2) is 8.12. The van der Waals surface area contributed by atoms with Crippen molar-refractivity contribution in [3.8, 4) is 0 Å². The summed E-state index contributed by atoms with van der Waals surface area (Å²) in [6.07, 6.45) is 2.62. The van der Waals surface area contributed by atoms with Crippen LogP contribution >= 0.6 is 11.8 Å². The highest BCUT2D eigenvalue weighted by Gasteiger charge is 2.29. The Balaban J connectivity index is 3.12. The number of hydrogen-bond acceptors (Lipinski definition) is 4. The fourth-order valence-electron chi connectivity index (χ4n) is 2.09. The topological polar surface area (TPSA) is 49.4 Å². The summed E-state index contributed by atoms with van der Waals surface area (Å²) in [5, 5.41) is 2.91. The Bertz CT molecular complexity index is 564. The average Bonchev–Trinajstić information content (AvgIpc) is 2.44. The van der Waals surface area contributed by atoms with Crippen molar-refractivity contribution in [3.63, 3.8) is 0 Å². The first kappa shape index (κ1) is 18.4. The molecule has 0 aliphatic carbocycles. The van der Waals surface area contributed by atoms with Gasteiger partial charge < -0.3 is 5.32 Å². The summed E-state index contributed by atoms with van der Waals surface area (Å²) in [6.45, 7) is 2.43. The summed E-state index contributed by atoms with van der Waals surface area (Å²) in [5.74, 6) is -0.0142. The summed E-state index contributed by atoms with van der Waals surface area (Å²) in [4.78, 5) is -0.260. The molecule has 0 saturated carbocycles. The number of sulfonamides is 1. The van der Waals surface area contributed by atoms with E-state index >= 15 is 0 Å². The van der Waals surface area contributed by atoms with Crippen LogP contribution in [0.3, 0.4) is 0 Å². The van der Waals surface area contributed by atoms with E-state index in [9.17, 15) is 12.8 Å². The molecule has 1 unspecified atom stereocenters. The van der Waals surface area contributed by atoms with E-state index in [4.69, 9.17) is 0 Å². The highest BCUT2D eigenvalue weighted by atomic mass is 32.2. The first-order valence-corrected chi connectivity index (χ1v) is 9.61.